The maximum atomic E-state index is 9.33. The van der Waals surface area contributed by atoms with Crippen LogP contribution in [0.1, 0.15) is 200 Å². The van der Waals surface area contributed by atoms with E-state index in [0.717, 1.165) is 50.0 Å². The molecule has 0 aromatic heterocycles. The van der Waals surface area contributed by atoms with E-state index in [1.807, 2.05) is 0 Å². The molecular weight excluding hydrogens is 670 g/mol. The summed E-state index contributed by atoms with van der Waals surface area (Å²) in [6, 6.07) is 0. The minimum Gasteiger partial charge on any atom is -1.00 e. The normalized spacial score (nSPS) is 12.8. The molecule has 1 unspecified atom stereocenters. The number of unbranched alkanes of at least 4 members (excludes halogenated alkanes) is 24. The van der Waals surface area contributed by atoms with Crippen molar-refractivity contribution in [2.24, 2.45) is 0 Å². The minimum absolute atomic E-state index is 0. The Morgan fingerprint density at radius 3 is 1.27 bits per heavy atom. The van der Waals surface area contributed by atoms with Crippen molar-refractivity contribution in [3.05, 3.63) is 24.3 Å². The molecule has 0 aliphatic carbocycles. The third kappa shape index (κ3) is 42.1. The van der Waals surface area contributed by atoms with Gasteiger partial charge >= 0.3 is 0 Å². The van der Waals surface area contributed by atoms with Gasteiger partial charge in [-0.05, 0) is 64.2 Å². The predicted molar refractivity (Wildman–Crippen MR) is 213 cm³/mol. The fraction of sp³-hybridized carbons (Fsp3) is 0.909. The molecule has 0 bridgehead atoms. The van der Waals surface area contributed by atoms with Gasteiger partial charge in [-0.15, -0.1) is 0 Å². The molecule has 0 saturated heterocycles. The Morgan fingerprint density at radius 2 is 0.857 bits per heavy atom. The van der Waals surface area contributed by atoms with Crippen LogP contribution in [0, 0.1) is 0 Å². The van der Waals surface area contributed by atoms with E-state index in [0.29, 0.717) is 6.61 Å². The number of aliphatic hydroxyl groups is 1. The van der Waals surface area contributed by atoms with Gasteiger partial charge in [-0.3, -0.25) is 0 Å². The molecule has 0 amide bonds. The van der Waals surface area contributed by atoms with E-state index < -0.39 is 0 Å². The maximum absolute atomic E-state index is 9.33. The highest BCUT2D eigenvalue weighted by atomic mass is 79.9. The summed E-state index contributed by atoms with van der Waals surface area (Å²) in [7, 11) is 4.50. The van der Waals surface area contributed by atoms with Gasteiger partial charge in [0.2, 0.25) is 0 Å². The Kier molecular flexibility index (Phi) is 43.9. The summed E-state index contributed by atoms with van der Waals surface area (Å²) in [5.41, 5.74) is 0. The number of hydrogen-bond acceptors (Lipinski definition) is 3. The van der Waals surface area contributed by atoms with E-state index in [1.54, 1.807) is 0 Å². The third-order valence-corrected chi connectivity index (χ3v) is 9.73. The number of likely N-dealkylation sites (N-methyl/N-ethyl adjacent to an activating group) is 1. The third-order valence-electron chi connectivity index (χ3n) is 9.73. The van der Waals surface area contributed by atoms with Crippen molar-refractivity contribution in [1.82, 2.24) is 0 Å². The molecule has 294 valence electrons. The molecule has 5 heteroatoms. The molecule has 0 aliphatic rings. The van der Waals surface area contributed by atoms with Crippen molar-refractivity contribution in [3.63, 3.8) is 0 Å². The van der Waals surface area contributed by atoms with Crippen LogP contribution in [0.5, 0.6) is 0 Å². The van der Waals surface area contributed by atoms with E-state index in [-0.39, 0.29) is 29.7 Å². The molecule has 49 heavy (non-hydrogen) atoms. The predicted octanol–water partition coefficient (Wildman–Crippen LogP) is 9.93. The molecular formula is C44H88BrNO3. The SMILES string of the molecule is CCCCCCCC/C=C\CCCCCCCCOCC(C[N+](C)(C)CCCO)OCCCCCCCC/C=C\CCCCCCCC.[Br-]. The van der Waals surface area contributed by atoms with E-state index in [4.69, 9.17) is 9.47 Å². The van der Waals surface area contributed by atoms with Gasteiger partial charge in [-0.2, -0.15) is 0 Å². The van der Waals surface area contributed by atoms with Crippen LogP contribution in [-0.4, -0.2) is 69.3 Å². The number of nitrogens with zero attached hydrogens (tertiary/aromatic N) is 1. The van der Waals surface area contributed by atoms with Crippen molar-refractivity contribution in [2.75, 3.05) is 53.6 Å². The first-order chi connectivity index (χ1) is 23.6. The number of quaternary nitrogens is 1. The minimum atomic E-state index is 0. The molecule has 1 N–H and O–H groups in total. The standard InChI is InChI=1S/C44H88NO3.BrH/c1-5-7-9-11-13-15-17-19-21-23-25-27-29-31-33-35-40-47-43-44(42-45(3,4)38-37-39-46)48-41-36-34-32-30-28-26-24-22-20-18-16-14-12-10-8-6-2;/h19-22,44,46H,5-18,23-43H2,1-4H3;1H/q+1;/p-1/b21-19-,22-20-;. The second-order valence-corrected chi connectivity index (χ2v) is 15.4. The molecule has 0 heterocycles. The van der Waals surface area contributed by atoms with Gasteiger partial charge in [-0.25, -0.2) is 0 Å². The zero-order chi connectivity index (χ0) is 35.1. The first-order valence-corrected chi connectivity index (χ1v) is 21.5. The van der Waals surface area contributed by atoms with Crippen LogP contribution >= 0.6 is 0 Å². The fourth-order valence-corrected chi connectivity index (χ4v) is 6.56. The van der Waals surface area contributed by atoms with E-state index in [1.165, 1.54) is 167 Å². The molecule has 0 saturated carbocycles. The summed E-state index contributed by atoms with van der Waals surface area (Å²) in [5.74, 6) is 0. The summed E-state index contributed by atoms with van der Waals surface area (Å²) in [6.07, 6.45) is 48.0. The lowest BCUT2D eigenvalue weighted by atomic mass is 10.1. The lowest BCUT2D eigenvalue weighted by Gasteiger charge is -2.33. The average molecular weight is 759 g/mol. The Morgan fingerprint density at radius 1 is 0.490 bits per heavy atom. The van der Waals surface area contributed by atoms with E-state index >= 15 is 0 Å². The van der Waals surface area contributed by atoms with Crippen LogP contribution in [0.2, 0.25) is 0 Å². The number of aliphatic hydroxyl groups excluding tert-OH is 1. The molecule has 0 spiro atoms. The Hall–Kier alpha value is -0.200. The van der Waals surface area contributed by atoms with Gasteiger partial charge in [-0.1, -0.05) is 154 Å². The van der Waals surface area contributed by atoms with Gasteiger partial charge in [0, 0.05) is 26.2 Å². The lowest BCUT2D eigenvalue weighted by molar-refractivity contribution is -0.893. The summed E-state index contributed by atoms with van der Waals surface area (Å²) >= 11 is 0. The largest absolute Gasteiger partial charge is 1.00 e. The molecule has 4 nitrogen and oxygen atoms in total. The quantitative estimate of drug-likeness (QED) is 0.0384. The number of hydrogen-bond donors (Lipinski definition) is 1. The number of rotatable bonds is 40. The van der Waals surface area contributed by atoms with Gasteiger partial charge in [0.05, 0.1) is 27.2 Å². The first-order valence-electron chi connectivity index (χ1n) is 21.5. The number of halogens is 1. The van der Waals surface area contributed by atoms with Gasteiger partial charge in [0.15, 0.2) is 0 Å². The second-order valence-electron chi connectivity index (χ2n) is 15.4. The highest BCUT2D eigenvalue weighted by Gasteiger charge is 2.22. The average Bonchev–Trinajstić information content (AvgIpc) is 3.08. The Balaban J connectivity index is 0. The summed E-state index contributed by atoms with van der Waals surface area (Å²) < 4.78 is 13.4. The molecule has 0 aliphatic heterocycles. The molecule has 0 radical (unpaired) electrons. The van der Waals surface area contributed by atoms with Crippen LogP contribution in [0.25, 0.3) is 0 Å². The van der Waals surface area contributed by atoms with Gasteiger partial charge in [0.25, 0.3) is 0 Å². The number of ether oxygens (including phenoxy) is 2. The summed E-state index contributed by atoms with van der Waals surface area (Å²) in [6.45, 7) is 9.13. The van der Waals surface area contributed by atoms with Crippen LogP contribution in [0.3, 0.4) is 0 Å². The van der Waals surface area contributed by atoms with Crippen LogP contribution in [0.15, 0.2) is 24.3 Å². The van der Waals surface area contributed by atoms with Crippen molar-refractivity contribution in [3.8, 4) is 0 Å². The zero-order valence-electron chi connectivity index (χ0n) is 33.7. The fourth-order valence-electron chi connectivity index (χ4n) is 6.56. The van der Waals surface area contributed by atoms with Crippen molar-refractivity contribution in [1.29, 1.82) is 0 Å². The van der Waals surface area contributed by atoms with Crippen molar-refractivity contribution < 1.29 is 36.0 Å². The van der Waals surface area contributed by atoms with Crippen molar-refractivity contribution >= 4 is 0 Å². The zero-order valence-corrected chi connectivity index (χ0v) is 35.3. The molecule has 0 aromatic rings. The van der Waals surface area contributed by atoms with Crippen LogP contribution in [0.4, 0.5) is 0 Å². The van der Waals surface area contributed by atoms with Crippen molar-refractivity contribution in [2.45, 2.75) is 206 Å². The molecule has 0 fully saturated rings. The summed E-state index contributed by atoms with van der Waals surface area (Å²) in [4.78, 5) is 0. The van der Waals surface area contributed by atoms with Gasteiger partial charge in [0.1, 0.15) is 12.6 Å². The second kappa shape index (κ2) is 42.2. The Bertz CT molecular complexity index is 669. The molecule has 1 atom stereocenters. The highest BCUT2D eigenvalue weighted by molar-refractivity contribution is 4.82. The lowest BCUT2D eigenvalue weighted by Crippen LogP contribution is -3.00. The number of allylic oxidation sites excluding steroid dienone is 4. The van der Waals surface area contributed by atoms with Crippen LogP contribution < -0.4 is 17.0 Å². The first kappa shape index (κ1) is 50.9. The van der Waals surface area contributed by atoms with Crippen LogP contribution in [-0.2, 0) is 9.47 Å². The van der Waals surface area contributed by atoms with Gasteiger partial charge < -0.3 is 36.0 Å². The highest BCUT2D eigenvalue weighted by Crippen LogP contribution is 2.13. The smallest absolute Gasteiger partial charge is 0.130 e. The van der Waals surface area contributed by atoms with E-state index in [9.17, 15) is 5.11 Å². The Labute approximate surface area is 319 Å². The molecule has 0 aromatic carbocycles. The monoisotopic (exact) mass is 758 g/mol. The topological polar surface area (TPSA) is 38.7 Å². The maximum Gasteiger partial charge on any atom is 0.130 e. The van der Waals surface area contributed by atoms with E-state index in [2.05, 4.69) is 52.2 Å². The summed E-state index contributed by atoms with van der Waals surface area (Å²) in [5, 5.41) is 9.33. The molecule has 0 rings (SSSR count).